The van der Waals surface area contributed by atoms with Crippen LogP contribution < -0.4 is 15.5 Å². The van der Waals surface area contributed by atoms with Crippen molar-refractivity contribution < 1.29 is 24.0 Å². The summed E-state index contributed by atoms with van der Waals surface area (Å²) >= 11 is 0. The summed E-state index contributed by atoms with van der Waals surface area (Å²) in [6.45, 7) is 4.05. The number of benzene rings is 1. The fourth-order valence-corrected chi connectivity index (χ4v) is 4.26. The van der Waals surface area contributed by atoms with Gasteiger partial charge in [-0.3, -0.25) is 20.2 Å². The van der Waals surface area contributed by atoms with E-state index in [4.69, 9.17) is 4.74 Å². The molecule has 0 aromatic heterocycles. The summed E-state index contributed by atoms with van der Waals surface area (Å²) in [6, 6.07) is 3.03. The maximum atomic E-state index is 13.0. The van der Waals surface area contributed by atoms with Crippen molar-refractivity contribution in [3.05, 3.63) is 33.9 Å². The summed E-state index contributed by atoms with van der Waals surface area (Å²) < 4.78 is 5.88. The molecule has 2 N–H and O–H groups in total. The second-order valence-corrected chi connectivity index (χ2v) is 7.19. The third-order valence-corrected chi connectivity index (χ3v) is 5.36. The number of morpholine rings is 1. The molecule has 4 atom stereocenters. The van der Waals surface area contributed by atoms with Crippen LogP contribution in [0.15, 0.2) is 18.2 Å². The van der Waals surface area contributed by atoms with E-state index in [-0.39, 0.29) is 18.2 Å². The van der Waals surface area contributed by atoms with Gasteiger partial charge >= 0.3 is 6.03 Å². The molecule has 0 spiro atoms. The molecule has 1 saturated heterocycles. The normalized spacial score (nSPS) is 28.5. The standard InChI is InChI=1S/C18H22N4O6/c1-10-8-21-14-5-4-13(22(26)27)6-12(14)7-18(9-23,15(21)11(2)28-10)16(24)20-17(25)19-3/h4-6,9-11,15H,7-8H2,1-3H3,(H2,19,20,24,25)/t10-,11-,15?,18-/m0/s1. The van der Waals surface area contributed by atoms with Gasteiger partial charge in [-0.05, 0) is 31.9 Å². The van der Waals surface area contributed by atoms with Gasteiger partial charge in [0.2, 0.25) is 5.91 Å². The highest BCUT2D eigenvalue weighted by Crippen LogP contribution is 2.45. The van der Waals surface area contributed by atoms with Crippen molar-refractivity contribution in [1.82, 2.24) is 10.6 Å². The average Bonchev–Trinajstić information content (AvgIpc) is 2.65. The van der Waals surface area contributed by atoms with Gasteiger partial charge in [0.15, 0.2) is 0 Å². The Morgan fingerprint density at radius 3 is 2.71 bits per heavy atom. The molecular formula is C18H22N4O6. The maximum Gasteiger partial charge on any atom is 0.321 e. The van der Waals surface area contributed by atoms with Crippen LogP contribution in [0.4, 0.5) is 16.2 Å². The number of nitro benzene ring substituents is 1. The Bertz CT molecular complexity index is 843. The molecule has 10 nitrogen and oxygen atoms in total. The zero-order chi connectivity index (χ0) is 20.6. The number of carbonyl (C=O) groups is 3. The molecule has 0 bridgehead atoms. The first-order valence-corrected chi connectivity index (χ1v) is 8.92. The number of non-ortho nitro benzene ring substituents is 1. The van der Waals surface area contributed by atoms with E-state index in [1.54, 1.807) is 13.0 Å². The number of aldehydes is 1. The first-order valence-electron chi connectivity index (χ1n) is 8.92. The van der Waals surface area contributed by atoms with E-state index in [1.165, 1.54) is 19.2 Å². The van der Waals surface area contributed by atoms with Crippen LogP contribution in [0.1, 0.15) is 19.4 Å². The monoisotopic (exact) mass is 390 g/mol. The average molecular weight is 390 g/mol. The zero-order valence-corrected chi connectivity index (χ0v) is 15.8. The minimum atomic E-state index is -1.63. The van der Waals surface area contributed by atoms with Gasteiger partial charge in [-0.25, -0.2) is 4.79 Å². The van der Waals surface area contributed by atoms with Crippen LogP contribution in [0.5, 0.6) is 0 Å². The Hall–Kier alpha value is -3.01. The molecule has 2 aliphatic heterocycles. The lowest BCUT2D eigenvalue weighted by Crippen LogP contribution is -2.68. The molecule has 10 heteroatoms. The first-order chi connectivity index (χ1) is 13.2. The molecule has 3 amide bonds. The summed E-state index contributed by atoms with van der Waals surface area (Å²) in [5.74, 6) is -0.765. The van der Waals surface area contributed by atoms with Crippen molar-refractivity contribution in [1.29, 1.82) is 0 Å². The van der Waals surface area contributed by atoms with Crippen LogP contribution in [0, 0.1) is 15.5 Å². The van der Waals surface area contributed by atoms with E-state index < -0.39 is 34.4 Å². The summed E-state index contributed by atoms with van der Waals surface area (Å²) in [6.07, 6.45) is -0.188. The number of carbonyl (C=O) groups excluding carboxylic acids is 3. The Morgan fingerprint density at radius 2 is 2.11 bits per heavy atom. The highest BCUT2D eigenvalue weighted by atomic mass is 16.6. The minimum absolute atomic E-state index is 0.0699. The van der Waals surface area contributed by atoms with Crippen molar-refractivity contribution in [3.63, 3.8) is 0 Å². The Kier molecular flexibility index (Phi) is 5.07. The largest absolute Gasteiger partial charge is 0.372 e. The summed E-state index contributed by atoms with van der Waals surface area (Å²) in [4.78, 5) is 49.6. The molecule has 1 fully saturated rings. The summed E-state index contributed by atoms with van der Waals surface area (Å²) in [5.41, 5.74) is -0.527. The number of fused-ring (bicyclic) bond motifs is 3. The Balaban J connectivity index is 2.15. The van der Waals surface area contributed by atoms with Crippen molar-refractivity contribution in [2.75, 3.05) is 18.5 Å². The lowest BCUT2D eigenvalue weighted by molar-refractivity contribution is -0.384. The molecule has 0 aliphatic carbocycles. The number of rotatable bonds is 3. The summed E-state index contributed by atoms with van der Waals surface area (Å²) in [5, 5.41) is 15.7. The summed E-state index contributed by atoms with van der Waals surface area (Å²) in [7, 11) is 1.36. The zero-order valence-electron chi connectivity index (χ0n) is 15.8. The van der Waals surface area contributed by atoms with Gasteiger partial charge in [-0.1, -0.05) is 0 Å². The molecule has 1 aromatic rings. The number of ether oxygens (including phenoxy) is 1. The lowest BCUT2D eigenvalue weighted by Gasteiger charge is -2.53. The number of anilines is 1. The molecule has 3 rings (SSSR count). The van der Waals surface area contributed by atoms with Crippen LogP contribution >= 0.6 is 0 Å². The van der Waals surface area contributed by atoms with E-state index >= 15 is 0 Å². The Morgan fingerprint density at radius 1 is 1.39 bits per heavy atom. The lowest BCUT2D eigenvalue weighted by atomic mass is 9.69. The number of nitrogens with one attached hydrogen (secondary N) is 2. The number of imide groups is 1. The Labute approximate surface area is 161 Å². The SMILES string of the molecule is CNC(=O)NC(=O)[C@]1(C=O)Cc2cc([N+](=O)[O-])ccc2N2C[C@H](C)O[C@@H](C)C21. The molecule has 2 aliphatic rings. The van der Waals surface area contributed by atoms with Crippen LogP contribution in [0.25, 0.3) is 0 Å². The van der Waals surface area contributed by atoms with Gasteiger partial charge in [0.05, 0.1) is 23.2 Å². The van der Waals surface area contributed by atoms with Crippen LogP contribution in [-0.2, 0) is 20.7 Å². The van der Waals surface area contributed by atoms with Gasteiger partial charge in [-0.15, -0.1) is 0 Å². The highest BCUT2D eigenvalue weighted by Gasteiger charge is 2.56. The number of nitro groups is 1. The van der Waals surface area contributed by atoms with Crippen molar-refractivity contribution in [2.45, 2.75) is 38.5 Å². The first kappa shape index (κ1) is 19.7. The molecule has 0 saturated carbocycles. The van der Waals surface area contributed by atoms with Gasteiger partial charge in [0, 0.05) is 31.4 Å². The molecule has 0 radical (unpaired) electrons. The molecule has 150 valence electrons. The number of hydrogen-bond acceptors (Lipinski definition) is 7. The molecule has 28 heavy (non-hydrogen) atoms. The fraction of sp³-hybridized carbons (Fsp3) is 0.500. The topological polar surface area (TPSA) is 131 Å². The van der Waals surface area contributed by atoms with Crippen molar-refractivity contribution in [2.24, 2.45) is 5.41 Å². The van der Waals surface area contributed by atoms with Crippen LogP contribution in [0.3, 0.4) is 0 Å². The van der Waals surface area contributed by atoms with E-state index in [0.717, 1.165) is 5.69 Å². The smallest absolute Gasteiger partial charge is 0.321 e. The van der Waals surface area contributed by atoms with Crippen molar-refractivity contribution in [3.8, 4) is 0 Å². The predicted molar refractivity (Wildman–Crippen MR) is 99.0 cm³/mol. The van der Waals surface area contributed by atoms with Gasteiger partial charge < -0.3 is 19.7 Å². The second-order valence-electron chi connectivity index (χ2n) is 7.19. The van der Waals surface area contributed by atoms with Gasteiger partial charge in [0.25, 0.3) is 5.69 Å². The van der Waals surface area contributed by atoms with E-state index in [1.807, 2.05) is 11.8 Å². The minimum Gasteiger partial charge on any atom is -0.372 e. The van der Waals surface area contributed by atoms with E-state index in [2.05, 4.69) is 10.6 Å². The molecular weight excluding hydrogens is 368 g/mol. The van der Waals surface area contributed by atoms with Gasteiger partial charge in [-0.2, -0.15) is 0 Å². The molecule has 2 heterocycles. The van der Waals surface area contributed by atoms with Crippen LogP contribution in [-0.4, -0.2) is 55.0 Å². The fourth-order valence-electron chi connectivity index (χ4n) is 4.26. The quantitative estimate of drug-likeness (QED) is 0.337. The molecule has 1 unspecified atom stereocenters. The number of hydrogen-bond donors (Lipinski definition) is 2. The third-order valence-electron chi connectivity index (χ3n) is 5.36. The van der Waals surface area contributed by atoms with Crippen LogP contribution in [0.2, 0.25) is 0 Å². The number of urea groups is 1. The second kappa shape index (κ2) is 7.19. The van der Waals surface area contributed by atoms with Crippen molar-refractivity contribution >= 4 is 29.6 Å². The number of nitrogens with zero attached hydrogens (tertiary/aromatic N) is 2. The predicted octanol–water partition coefficient (Wildman–Crippen LogP) is 0.774. The maximum absolute atomic E-state index is 13.0. The third kappa shape index (κ3) is 3.09. The van der Waals surface area contributed by atoms with E-state index in [0.29, 0.717) is 18.4 Å². The van der Waals surface area contributed by atoms with Gasteiger partial charge in [0.1, 0.15) is 11.7 Å². The van der Waals surface area contributed by atoms with E-state index in [9.17, 15) is 24.5 Å². The highest BCUT2D eigenvalue weighted by molar-refractivity contribution is 6.06. The molecule has 1 aromatic carbocycles. The number of amides is 3.